The Morgan fingerprint density at radius 3 is 2.88 bits per heavy atom. The van der Waals surface area contributed by atoms with E-state index in [1.165, 1.54) is 0 Å². The maximum atomic E-state index is 11.9. The fourth-order valence-electron chi connectivity index (χ4n) is 1.37. The molecule has 0 aliphatic rings. The van der Waals surface area contributed by atoms with Gasteiger partial charge in [-0.3, -0.25) is 4.79 Å². The molecular weight excluding hydrogens is 331 g/mol. The number of carbonyl (C=O) groups is 1. The highest BCUT2D eigenvalue weighted by atomic mass is 127. The number of nitrogens with zero attached hydrogens (tertiary/aromatic N) is 3. The molecule has 0 saturated heterocycles. The summed E-state index contributed by atoms with van der Waals surface area (Å²) < 4.78 is 2.71. The van der Waals surface area contributed by atoms with Gasteiger partial charge in [0.05, 0.1) is 12.1 Å². The first kappa shape index (κ1) is 12.0. The SMILES string of the molecule is Cn1cnnc1CNC(=O)c1ccccc1I. The fourth-order valence-corrected chi connectivity index (χ4v) is 2.00. The summed E-state index contributed by atoms with van der Waals surface area (Å²) in [7, 11) is 1.84. The van der Waals surface area contributed by atoms with Crippen molar-refractivity contribution in [3.63, 3.8) is 0 Å². The molecule has 0 aliphatic carbocycles. The van der Waals surface area contributed by atoms with Crippen LogP contribution in [0.15, 0.2) is 30.6 Å². The molecule has 6 heteroatoms. The first-order valence-electron chi connectivity index (χ1n) is 5.04. The highest BCUT2D eigenvalue weighted by Gasteiger charge is 2.09. The van der Waals surface area contributed by atoms with Crippen molar-refractivity contribution in [1.29, 1.82) is 0 Å². The van der Waals surface area contributed by atoms with E-state index in [9.17, 15) is 4.79 Å². The van der Waals surface area contributed by atoms with Crippen LogP contribution < -0.4 is 5.32 Å². The molecule has 0 aliphatic heterocycles. The summed E-state index contributed by atoms with van der Waals surface area (Å²) in [4.78, 5) is 11.9. The summed E-state index contributed by atoms with van der Waals surface area (Å²) >= 11 is 2.14. The lowest BCUT2D eigenvalue weighted by atomic mass is 10.2. The van der Waals surface area contributed by atoms with Crippen LogP contribution in [0.1, 0.15) is 16.2 Å². The summed E-state index contributed by atoms with van der Waals surface area (Å²) in [5, 5.41) is 10.5. The molecule has 2 aromatic rings. The van der Waals surface area contributed by atoms with Gasteiger partial charge in [-0.2, -0.15) is 0 Å². The summed E-state index contributed by atoms with van der Waals surface area (Å²) in [5.41, 5.74) is 0.676. The molecule has 1 aromatic carbocycles. The second-order valence-electron chi connectivity index (χ2n) is 3.52. The molecule has 1 heterocycles. The third kappa shape index (κ3) is 2.82. The zero-order chi connectivity index (χ0) is 12.3. The molecule has 0 saturated carbocycles. The van der Waals surface area contributed by atoms with Crippen LogP contribution in [0.5, 0.6) is 0 Å². The minimum absolute atomic E-state index is 0.0991. The van der Waals surface area contributed by atoms with E-state index in [1.54, 1.807) is 17.0 Å². The molecule has 0 unspecified atom stereocenters. The zero-order valence-electron chi connectivity index (χ0n) is 9.22. The molecule has 1 aromatic heterocycles. The van der Waals surface area contributed by atoms with Gasteiger partial charge in [-0.05, 0) is 34.7 Å². The number of amides is 1. The molecular formula is C11H11IN4O. The highest BCUT2D eigenvalue weighted by Crippen LogP contribution is 2.11. The van der Waals surface area contributed by atoms with E-state index in [1.807, 2.05) is 25.2 Å². The number of nitrogens with one attached hydrogen (secondary N) is 1. The van der Waals surface area contributed by atoms with Gasteiger partial charge in [0.1, 0.15) is 6.33 Å². The maximum absolute atomic E-state index is 11.9. The van der Waals surface area contributed by atoms with Gasteiger partial charge >= 0.3 is 0 Å². The fraction of sp³-hybridized carbons (Fsp3) is 0.182. The van der Waals surface area contributed by atoms with Gasteiger partial charge < -0.3 is 9.88 Å². The van der Waals surface area contributed by atoms with Crippen LogP contribution in [-0.2, 0) is 13.6 Å². The lowest BCUT2D eigenvalue weighted by Gasteiger charge is -2.06. The third-order valence-corrected chi connectivity index (χ3v) is 3.27. The van der Waals surface area contributed by atoms with Crippen molar-refractivity contribution >= 4 is 28.5 Å². The van der Waals surface area contributed by atoms with Crippen LogP contribution in [0.2, 0.25) is 0 Å². The van der Waals surface area contributed by atoms with Crippen LogP contribution in [0.4, 0.5) is 0 Å². The Balaban J connectivity index is 2.04. The Hall–Kier alpha value is -1.44. The molecule has 0 bridgehead atoms. The van der Waals surface area contributed by atoms with Crippen molar-refractivity contribution in [2.24, 2.45) is 7.05 Å². The molecule has 17 heavy (non-hydrogen) atoms. The minimum Gasteiger partial charge on any atom is -0.345 e. The Morgan fingerprint density at radius 1 is 1.47 bits per heavy atom. The Labute approximate surface area is 112 Å². The van der Waals surface area contributed by atoms with Gasteiger partial charge in [-0.25, -0.2) is 0 Å². The largest absolute Gasteiger partial charge is 0.345 e. The van der Waals surface area contributed by atoms with Crippen molar-refractivity contribution in [2.75, 3.05) is 0 Å². The second kappa shape index (κ2) is 5.26. The number of carbonyl (C=O) groups excluding carboxylic acids is 1. The van der Waals surface area contributed by atoms with E-state index < -0.39 is 0 Å². The molecule has 2 rings (SSSR count). The van der Waals surface area contributed by atoms with Gasteiger partial charge in [0, 0.05) is 10.6 Å². The van der Waals surface area contributed by atoms with E-state index in [4.69, 9.17) is 0 Å². The first-order chi connectivity index (χ1) is 8.18. The Morgan fingerprint density at radius 2 is 2.24 bits per heavy atom. The molecule has 5 nitrogen and oxygen atoms in total. The number of hydrogen-bond acceptors (Lipinski definition) is 3. The van der Waals surface area contributed by atoms with Crippen molar-refractivity contribution in [1.82, 2.24) is 20.1 Å². The predicted molar refractivity (Wildman–Crippen MR) is 71.3 cm³/mol. The van der Waals surface area contributed by atoms with E-state index in [2.05, 4.69) is 38.1 Å². The maximum Gasteiger partial charge on any atom is 0.252 e. The number of aromatic nitrogens is 3. The average Bonchev–Trinajstić information content (AvgIpc) is 2.72. The summed E-state index contributed by atoms with van der Waals surface area (Å²) in [6.45, 7) is 0.375. The van der Waals surface area contributed by atoms with Gasteiger partial charge in [-0.1, -0.05) is 12.1 Å². The summed E-state index contributed by atoms with van der Waals surface area (Å²) in [6, 6.07) is 7.45. The second-order valence-corrected chi connectivity index (χ2v) is 4.68. The van der Waals surface area contributed by atoms with Crippen molar-refractivity contribution < 1.29 is 4.79 Å². The topological polar surface area (TPSA) is 59.8 Å². The number of aryl methyl sites for hydroxylation is 1. The number of benzene rings is 1. The smallest absolute Gasteiger partial charge is 0.252 e. The molecule has 0 fully saturated rings. The molecule has 0 atom stereocenters. The highest BCUT2D eigenvalue weighted by molar-refractivity contribution is 14.1. The van der Waals surface area contributed by atoms with E-state index in [0.717, 1.165) is 9.39 Å². The number of halogens is 1. The van der Waals surface area contributed by atoms with Crippen LogP contribution in [0.3, 0.4) is 0 Å². The first-order valence-corrected chi connectivity index (χ1v) is 6.12. The number of hydrogen-bond donors (Lipinski definition) is 1. The van der Waals surface area contributed by atoms with Gasteiger partial charge in [0.2, 0.25) is 0 Å². The molecule has 0 spiro atoms. The zero-order valence-corrected chi connectivity index (χ0v) is 11.4. The predicted octanol–water partition coefficient (Wildman–Crippen LogP) is 1.35. The van der Waals surface area contributed by atoms with Crippen LogP contribution in [-0.4, -0.2) is 20.7 Å². The lowest BCUT2D eigenvalue weighted by Crippen LogP contribution is -2.25. The third-order valence-electron chi connectivity index (χ3n) is 2.33. The molecule has 1 amide bonds. The lowest BCUT2D eigenvalue weighted by molar-refractivity contribution is 0.0948. The van der Waals surface area contributed by atoms with Gasteiger partial charge in [-0.15, -0.1) is 10.2 Å². The Kier molecular flexibility index (Phi) is 3.72. The summed E-state index contributed by atoms with van der Waals surface area (Å²) in [6.07, 6.45) is 1.60. The van der Waals surface area contributed by atoms with Crippen molar-refractivity contribution in [3.8, 4) is 0 Å². The van der Waals surface area contributed by atoms with Crippen LogP contribution in [0.25, 0.3) is 0 Å². The van der Waals surface area contributed by atoms with E-state index in [0.29, 0.717) is 12.1 Å². The van der Waals surface area contributed by atoms with Crippen molar-refractivity contribution in [2.45, 2.75) is 6.54 Å². The Bertz CT molecular complexity index is 538. The normalized spacial score (nSPS) is 10.2. The standard InChI is InChI=1S/C11H11IN4O/c1-16-7-14-15-10(16)6-13-11(17)8-4-2-3-5-9(8)12/h2-5,7H,6H2,1H3,(H,13,17). The quantitative estimate of drug-likeness (QED) is 0.857. The van der Waals surface area contributed by atoms with E-state index >= 15 is 0 Å². The van der Waals surface area contributed by atoms with Gasteiger partial charge in [0.25, 0.3) is 5.91 Å². The summed E-state index contributed by atoms with van der Waals surface area (Å²) in [5.74, 6) is 0.627. The van der Waals surface area contributed by atoms with Crippen LogP contribution in [0, 0.1) is 3.57 Å². The minimum atomic E-state index is -0.0991. The van der Waals surface area contributed by atoms with Crippen LogP contribution >= 0.6 is 22.6 Å². The average molecular weight is 342 g/mol. The molecule has 88 valence electrons. The molecule has 0 radical (unpaired) electrons. The number of rotatable bonds is 3. The monoisotopic (exact) mass is 342 g/mol. The van der Waals surface area contributed by atoms with Crippen molar-refractivity contribution in [3.05, 3.63) is 45.6 Å². The van der Waals surface area contributed by atoms with Gasteiger partial charge in [0.15, 0.2) is 5.82 Å². The molecule has 1 N–H and O–H groups in total. The van der Waals surface area contributed by atoms with E-state index in [-0.39, 0.29) is 5.91 Å².